The van der Waals surface area contributed by atoms with Crippen LogP contribution in [0.15, 0.2) is 12.3 Å². The largest absolute Gasteiger partial charge is 0.480 e. The van der Waals surface area contributed by atoms with Gasteiger partial charge in [0.15, 0.2) is 0 Å². The minimum atomic E-state index is -0.917. The molecular weight excluding hydrogens is 208 g/mol. The molecule has 16 heavy (non-hydrogen) atoms. The van der Waals surface area contributed by atoms with Crippen molar-refractivity contribution in [2.24, 2.45) is 0 Å². The molecule has 2 heterocycles. The monoisotopic (exact) mass is 220 g/mol. The standard InChI is InChI=1S/C10H12N4O2/c1-5(10(15)16)12-9-7-3-4-11-8(7)13-6(2)14-9/h3-5H,1-2H3,(H,15,16)(H2,11,12,13,14)/t5-/m0/s1. The highest BCUT2D eigenvalue weighted by molar-refractivity contribution is 5.89. The molecule has 3 N–H and O–H groups in total. The van der Waals surface area contributed by atoms with Crippen LogP contribution in [0.4, 0.5) is 5.82 Å². The third-order valence-electron chi connectivity index (χ3n) is 2.25. The fourth-order valence-electron chi connectivity index (χ4n) is 1.43. The van der Waals surface area contributed by atoms with E-state index in [1.165, 1.54) is 0 Å². The molecule has 2 rings (SSSR count). The van der Waals surface area contributed by atoms with Crippen LogP contribution in [0.1, 0.15) is 12.7 Å². The third kappa shape index (κ3) is 1.81. The molecule has 6 heteroatoms. The second-order valence-corrected chi connectivity index (χ2v) is 3.56. The van der Waals surface area contributed by atoms with E-state index in [0.717, 1.165) is 5.39 Å². The van der Waals surface area contributed by atoms with Crippen molar-refractivity contribution in [2.75, 3.05) is 5.32 Å². The molecule has 0 aromatic carbocycles. The number of aryl methyl sites for hydroxylation is 1. The number of nitrogens with one attached hydrogen (secondary N) is 2. The Balaban J connectivity index is 2.42. The smallest absolute Gasteiger partial charge is 0.325 e. The minimum Gasteiger partial charge on any atom is -0.480 e. The number of hydrogen-bond acceptors (Lipinski definition) is 4. The summed E-state index contributed by atoms with van der Waals surface area (Å²) in [5, 5.41) is 12.5. The van der Waals surface area contributed by atoms with Crippen molar-refractivity contribution in [2.45, 2.75) is 19.9 Å². The van der Waals surface area contributed by atoms with Crippen molar-refractivity contribution < 1.29 is 9.90 Å². The molecule has 2 aromatic rings. The van der Waals surface area contributed by atoms with Gasteiger partial charge in [-0.3, -0.25) is 4.79 Å². The average molecular weight is 220 g/mol. The van der Waals surface area contributed by atoms with Crippen LogP contribution in [-0.4, -0.2) is 32.1 Å². The van der Waals surface area contributed by atoms with Gasteiger partial charge < -0.3 is 15.4 Å². The lowest BCUT2D eigenvalue weighted by atomic mass is 10.3. The van der Waals surface area contributed by atoms with Gasteiger partial charge in [0.05, 0.1) is 5.39 Å². The topological polar surface area (TPSA) is 90.9 Å². The summed E-state index contributed by atoms with van der Waals surface area (Å²) in [5.41, 5.74) is 0.701. The zero-order valence-electron chi connectivity index (χ0n) is 8.98. The summed E-state index contributed by atoms with van der Waals surface area (Å²) in [6.07, 6.45) is 1.75. The SMILES string of the molecule is Cc1nc(N[C@@H](C)C(=O)O)c2cc[nH]c2n1. The highest BCUT2D eigenvalue weighted by atomic mass is 16.4. The molecule has 0 radical (unpaired) electrons. The van der Waals surface area contributed by atoms with E-state index in [2.05, 4.69) is 20.3 Å². The van der Waals surface area contributed by atoms with Crippen molar-refractivity contribution in [1.29, 1.82) is 0 Å². The van der Waals surface area contributed by atoms with Gasteiger partial charge >= 0.3 is 5.97 Å². The van der Waals surface area contributed by atoms with Crippen LogP contribution < -0.4 is 5.32 Å². The number of anilines is 1. The van der Waals surface area contributed by atoms with Gasteiger partial charge in [0.2, 0.25) is 0 Å². The van der Waals surface area contributed by atoms with E-state index in [1.54, 1.807) is 20.0 Å². The Kier molecular flexibility index (Phi) is 2.47. The zero-order valence-corrected chi connectivity index (χ0v) is 8.98. The van der Waals surface area contributed by atoms with Crippen LogP contribution in [0.2, 0.25) is 0 Å². The lowest BCUT2D eigenvalue weighted by Crippen LogP contribution is -2.26. The summed E-state index contributed by atoms with van der Waals surface area (Å²) in [6.45, 7) is 3.33. The molecular formula is C10H12N4O2. The van der Waals surface area contributed by atoms with E-state index in [0.29, 0.717) is 17.3 Å². The maximum atomic E-state index is 10.7. The van der Waals surface area contributed by atoms with Crippen LogP contribution in [0.5, 0.6) is 0 Å². The molecule has 0 unspecified atom stereocenters. The van der Waals surface area contributed by atoms with Gasteiger partial charge in [-0.1, -0.05) is 0 Å². The van der Waals surface area contributed by atoms with Gasteiger partial charge in [0.1, 0.15) is 23.3 Å². The molecule has 0 fully saturated rings. The predicted octanol–water partition coefficient (Wildman–Crippen LogP) is 1.15. The fourth-order valence-corrected chi connectivity index (χ4v) is 1.43. The van der Waals surface area contributed by atoms with E-state index in [4.69, 9.17) is 5.11 Å². The summed E-state index contributed by atoms with van der Waals surface area (Å²) in [7, 11) is 0. The maximum absolute atomic E-state index is 10.7. The van der Waals surface area contributed by atoms with Gasteiger partial charge in [-0.25, -0.2) is 9.97 Å². The van der Waals surface area contributed by atoms with E-state index < -0.39 is 12.0 Å². The van der Waals surface area contributed by atoms with Crippen LogP contribution in [0.25, 0.3) is 11.0 Å². The quantitative estimate of drug-likeness (QED) is 0.721. The Hall–Kier alpha value is -2.11. The Morgan fingerprint density at radius 2 is 2.31 bits per heavy atom. The third-order valence-corrected chi connectivity index (χ3v) is 2.25. The molecule has 6 nitrogen and oxygen atoms in total. The van der Waals surface area contributed by atoms with Crippen molar-refractivity contribution in [3.05, 3.63) is 18.1 Å². The first-order valence-electron chi connectivity index (χ1n) is 4.89. The van der Waals surface area contributed by atoms with E-state index in [9.17, 15) is 4.79 Å². The number of fused-ring (bicyclic) bond motifs is 1. The summed E-state index contributed by atoms with van der Waals surface area (Å²) in [6, 6.07) is 1.12. The maximum Gasteiger partial charge on any atom is 0.325 e. The van der Waals surface area contributed by atoms with Crippen LogP contribution in [0, 0.1) is 6.92 Å². The van der Waals surface area contributed by atoms with E-state index in [-0.39, 0.29) is 0 Å². The molecule has 0 aliphatic heterocycles. The molecule has 0 aliphatic carbocycles. The number of nitrogens with zero attached hydrogens (tertiary/aromatic N) is 2. The second-order valence-electron chi connectivity index (χ2n) is 3.56. The summed E-state index contributed by atoms with van der Waals surface area (Å²) >= 11 is 0. The lowest BCUT2D eigenvalue weighted by Gasteiger charge is -2.10. The van der Waals surface area contributed by atoms with Gasteiger partial charge in [-0.15, -0.1) is 0 Å². The average Bonchev–Trinajstić information content (AvgIpc) is 2.65. The molecule has 0 aliphatic rings. The Bertz CT molecular complexity index is 535. The molecule has 0 saturated heterocycles. The second kappa shape index (κ2) is 3.80. The number of carboxylic acids is 1. The van der Waals surface area contributed by atoms with E-state index >= 15 is 0 Å². The number of carboxylic acid groups (broad SMARTS) is 1. The highest BCUT2D eigenvalue weighted by Gasteiger charge is 2.14. The number of H-pyrrole nitrogens is 1. The van der Waals surface area contributed by atoms with E-state index in [1.807, 2.05) is 6.07 Å². The number of aromatic nitrogens is 3. The van der Waals surface area contributed by atoms with Crippen LogP contribution in [-0.2, 0) is 4.79 Å². The number of aliphatic carboxylic acids is 1. The van der Waals surface area contributed by atoms with Gasteiger partial charge in [0.25, 0.3) is 0 Å². The molecule has 84 valence electrons. The molecule has 2 aromatic heterocycles. The van der Waals surface area contributed by atoms with Gasteiger partial charge in [0, 0.05) is 6.20 Å². The molecule has 0 spiro atoms. The zero-order chi connectivity index (χ0) is 11.7. The molecule has 0 bridgehead atoms. The Morgan fingerprint density at radius 1 is 1.56 bits per heavy atom. The number of hydrogen-bond donors (Lipinski definition) is 3. The van der Waals surface area contributed by atoms with Crippen molar-refractivity contribution in [3.63, 3.8) is 0 Å². The first-order valence-corrected chi connectivity index (χ1v) is 4.89. The summed E-state index contributed by atoms with van der Waals surface area (Å²) in [5.74, 6) is 0.216. The molecule has 0 saturated carbocycles. The number of carbonyl (C=O) groups is 1. The van der Waals surface area contributed by atoms with Crippen molar-refractivity contribution in [1.82, 2.24) is 15.0 Å². The molecule has 0 amide bonds. The van der Waals surface area contributed by atoms with Crippen molar-refractivity contribution >= 4 is 22.8 Å². The Labute approximate surface area is 91.7 Å². The van der Waals surface area contributed by atoms with Crippen molar-refractivity contribution in [3.8, 4) is 0 Å². The first kappa shape index (κ1) is 10.4. The van der Waals surface area contributed by atoms with Crippen LogP contribution >= 0.6 is 0 Å². The van der Waals surface area contributed by atoms with Gasteiger partial charge in [-0.05, 0) is 19.9 Å². The lowest BCUT2D eigenvalue weighted by molar-refractivity contribution is -0.137. The summed E-state index contributed by atoms with van der Waals surface area (Å²) in [4.78, 5) is 22.1. The summed E-state index contributed by atoms with van der Waals surface area (Å²) < 4.78 is 0. The van der Waals surface area contributed by atoms with Gasteiger partial charge in [-0.2, -0.15) is 0 Å². The normalized spacial score (nSPS) is 12.6. The minimum absolute atomic E-state index is 0.540. The first-order chi connectivity index (χ1) is 7.58. The fraction of sp³-hybridized carbons (Fsp3) is 0.300. The predicted molar refractivity (Wildman–Crippen MR) is 59.3 cm³/mol. The highest BCUT2D eigenvalue weighted by Crippen LogP contribution is 2.19. The van der Waals surface area contributed by atoms with Crippen LogP contribution in [0.3, 0.4) is 0 Å². The Morgan fingerprint density at radius 3 is 3.00 bits per heavy atom. The molecule has 1 atom stereocenters. The number of aromatic amines is 1. The number of rotatable bonds is 3.